The van der Waals surface area contributed by atoms with Crippen molar-refractivity contribution in [2.75, 3.05) is 26.5 Å². The molecule has 0 spiro atoms. The topological polar surface area (TPSA) is 78.5 Å². The van der Waals surface area contributed by atoms with Crippen molar-refractivity contribution < 1.29 is 14.6 Å². The standard InChI is InChI=1S/C23H25N3O3S/c1-13-11-14(2)22(27)17(12-13)19-18-20(25-24-19)23(28)26(9-10-29-3)21(18)15-5-7-16(30-4)8-6-15/h5-8,11-12,21,27H,9-10H2,1-4H3,(H,24,25). The second kappa shape index (κ2) is 8.16. The minimum Gasteiger partial charge on any atom is -0.507 e. The number of carbonyl (C=O) groups is 1. The molecule has 2 heterocycles. The van der Waals surface area contributed by atoms with Crippen LogP contribution < -0.4 is 0 Å². The highest BCUT2D eigenvalue weighted by molar-refractivity contribution is 7.98. The maximum Gasteiger partial charge on any atom is 0.273 e. The summed E-state index contributed by atoms with van der Waals surface area (Å²) in [7, 11) is 1.63. The number of phenolic OH excluding ortho intramolecular Hbond substituents is 1. The number of aromatic hydroxyl groups is 1. The van der Waals surface area contributed by atoms with Crippen LogP contribution in [0.5, 0.6) is 5.75 Å². The summed E-state index contributed by atoms with van der Waals surface area (Å²) in [6, 6.07) is 11.8. The number of benzene rings is 2. The lowest BCUT2D eigenvalue weighted by Gasteiger charge is -2.26. The number of thioether (sulfide) groups is 1. The molecule has 1 aliphatic rings. The summed E-state index contributed by atoms with van der Waals surface area (Å²) in [4.78, 5) is 16.2. The normalized spacial score (nSPS) is 15.7. The molecule has 3 aromatic rings. The van der Waals surface area contributed by atoms with Crippen molar-refractivity contribution >= 4 is 17.7 Å². The molecular weight excluding hydrogens is 398 g/mol. The van der Waals surface area contributed by atoms with Gasteiger partial charge in [-0.15, -0.1) is 11.8 Å². The number of hydrogen-bond donors (Lipinski definition) is 2. The number of amides is 1. The highest BCUT2D eigenvalue weighted by Gasteiger charge is 2.42. The molecule has 1 unspecified atom stereocenters. The third-order valence-electron chi connectivity index (χ3n) is 5.53. The molecular formula is C23H25N3O3S. The van der Waals surface area contributed by atoms with Gasteiger partial charge >= 0.3 is 0 Å². The van der Waals surface area contributed by atoms with Crippen molar-refractivity contribution in [1.82, 2.24) is 15.1 Å². The lowest BCUT2D eigenvalue weighted by atomic mass is 9.94. The number of carbonyl (C=O) groups excluding carboxylic acids is 1. The zero-order chi connectivity index (χ0) is 21.4. The molecule has 2 aromatic carbocycles. The van der Waals surface area contributed by atoms with Gasteiger partial charge in [0.2, 0.25) is 0 Å². The number of ether oxygens (including phenoxy) is 1. The fraction of sp³-hybridized carbons (Fsp3) is 0.304. The largest absolute Gasteiger partial charge is 0.507 e. The van der Waals surface area contributed by atoms with E-state index in [1.807, 2.05) is 37.1 Å². The molecule has 1 amide bonds. The van der Waals surface area contributed by atoms with Crippen molar-refractivity contribution in [2.24, 2.45) is 0 Å². The van der Waals surface area contributed by atoms with Gasteiger partial charge in [0.05, 0.1) is 12.6 Å². The molecule has 0 saturated carbocycles. The molecule has 30 heavy (non-hydrogen) atoms. The summed E-state index contributed by atoms with van der Waals surface area (Å²) in [5.41, 5.74) is 5.33. The maximum absolute atomic E-state index is 13.2. The van der Waals surface area contributed by atoms with Gasteiger partial charge < -0.3 is 14.7 Å². The minimum atomic E-state index is -0.299. The molecule has 2 N–H and O–H groups in total. The average molecular weight is 424 g/mol. The molecule has 0 fully saturated rings. The Balaban J connectivity index is 1.89. The van der Waals surface area contributed by atoms with Crippen LogP contribution >= 0.6 is 11.8 Å². The van der Waals surface area contributed by atoms with Gasteiger partial charge in [-0.25, -0.2) is 0 Å². The first-order valence-electron chi connectivity index (χ1n) is 9.79. The zero-order valence-electron chi connectivity index (χ0n) is 17.5. The Morgan fingerprint density at radius 3 is 2.63 bits per heavy atom. The Morgan fingerprint density at radius 2 is 1.97 bits per heavy atom. The van der Waals surface area contributed by atoms with Crippen LogP contribution in [0.1, 0.15) is 38.8 Å². The van der Waals surface area contributed by atoms with E-state index in [0.29, 0.717) is 30.1 Å². The number of fused-ring (bicyclic) bond motifs is 1. The van der Waals surface area contributed by atoms with Crippen molar-refractivity contribution in [2.45, 2.75) is 24.8 Å². The van der Waals surface area contributed by atoms with E-state index in [9.17, 15) is 9.90 Å². The molecule has 6 nitrogen and oxygen atoms in total. The van der Waals surface area contributed by atoms with E-state index < -0.39 is 0 Å². The fourth-order valence-electron chi connectivity index (χ4n) is 4.10. The Hall–Kier alpha value is -2.77. The van der Waals surface area contributed by atoms with Crippen LogP contribution in [0.25, 0.3) is 11.3 Å². The van der Waals surface area contributed by atoms with E-state index in [4.69, 9.17) is 4.74 Å². The van der Waals surface area contributed by atoms with Crippen LogP contribution in [0.15, 0.2) is 41.3 Å². The zero-order valence-corrected chi connectivity index (χ0v) is 18.3. The first kappa shape index (κ1) is 20.5. The number of nitrogens with one attached hydrogen (secondary N) is 1. The first-order valence-corrected chi connectivity index (χ1v) is 11.0. The monoisotopic (exact) mass is 423 g/mol. The van der Waals surface area contributed by atoms with Gasteiger partial charge in [-0.3, -0.25) is 9.89 Å². The number of H-pyrrole nitrogens is 1. The summed E-state index contributed by atoms with van der Waals surface area (Å²) >= 11 is 1.68. The van der Waals surface area contributed by atoms with Gasteiger partial charge in [0.25, 0.3) is 5.91 Å². The van der Waals surface area contributed by atoms with Gasteiger partial charge in [0.1, 0.15) is 17.1 Å². The highest BCUT2D eigenvalue weighted by atomic mass is 32.2. The average Bonchev–Trinajstić information content (AvgIpc) is 3.28. The third-order valence-corrected chi connectivity index (χ3v) is 6.28. The fourth-order valence-corrected chi connectivity index (χ4v) is 4.50. The lowest BCUT2D eigenvalue weighted by Crippen LogP contribution is -2.32. The highest BCUT2D eigenvalue weighted by Crippen LogP contribution is 2.45. The summed E-state index contributed by atoms with van der Waals surface area (Å²) in [6.07, 6.45) is 2.04. The Bertz CT molecular complexity index is 1090. The lowest BCUT2D eigenvalue weighted by molar-refractivity contribution is 0.0677. The van der Waals surface area contributed by atoms with Gasteiger partial charge in [-0.1, -0.05) is 18.2 Å². The van der Waals surface area contributed by atoms with Crippen LogP contribution in [0.3, 0.4) is 0 Å². The van der Waals surface area contributed by atoms with Crippen LogP contribution in [0.2, 0.25) is 0 Å². The Morgan fingerprint density at radius 1 is 1.23 bits per heavy atom. The number of aryl methyl sites for hydroxylation is 2. The van der Waals surface area contributed by atoms with Crippen molar-refractivity contribution in [3.8, 4) is 17.0 Å². The molecule has 7 heteroatoms. The Labute approximate surface area is 180 Å². The number of nitrogens with zero attached hydrogens (tertiary/aromatic N) is 2. The smallest absolute Gasteiger partial charge is 0.273 e. The molecule has 1 aliphatic heterocycles. The van der Waals surface area contributed by atoms with E-state index in [1.54, 1.807) is 18.9 Å². The predicted octanol–water partition coefficient (Wildman–Crippen LogP) is 4.31. The third kappa shape index (κ3) is 3.38. The van der Waals surface area contributed by atoms with Crippen LogP contribution in [-0.4, -0.2) is 52.6 Å². The predicted molar refractivity (Wildman–Crippen MR) is 118 cm³/mol. The van der Waals surface area contributed by atoms with Gasteiger partial charge in [0, 0.05) is 29.7 Å². The van der Waals surface area contributed by atoms with E-state index in [1.165, 1.54) is 0 Å². The number of aromatic amines is 1. The van der Waals surface area contributed by atoms with Gasteiger partial charge in [-0.05, 0) is 55.0 Å². The maximum atomic E-state index is 13.2. The van der Waals surface area contributed by atoms with Crippen molar-refractivity contribution in [3.63, 3.8) is 0 Å². The van der Waals surface area contributed by atoms with Crippen LogP contribution in [0.4, 0.5) is 0 Å². The molecule has 4 rings (SSSR count). The summed E-state index contributed by atoms with van der Waals surface area (Å²) < 4.78 is 5.25. The number of rotatable bonds is 6. The number of methoxy groups -OCH3 is 1. The van der Waals surface area contributed by atoms with Gasteiger partial charge in [-0.2, -0.15) is 5.10 Å². The second-order valence-electron chi connectivity index (χ2n) is 7.51. The second-order valence-corrected chi connectivity index (χ2v) is 8.39. The number of hydrogen-bond acceptors (Lipinski definition) is 5. The molecule has 156 valence electrons. The first-order chi connectivity index (χ1) is 14.5. The molecule has 0 saturated heterocycles. The van der Waals surface area contributed by atoms with E-state index in [0.717, 1.165) is 27.1 Å². The molecule has 1 aromatic heterocycles. The van der Waals surface area contributed by atoms with Crippen molar-refractivity contribution in [3.05, 3.63) is 64.3 Å². The molecule has 0 bridgehead atoms. The van der Waals surface area contributed by atoms with Gasteiger partial charge in [0.15, 0.2) is 0 Å². The Kier molecular flexibility index (Phi) is 5.58. The molecule has 1 atom stereocenters. The SMILES string of the molecule is COCCN1C(=O)c2[nH]nc(-c3cc(C)cc(C)c3O)c2C1c1ccc(SC)cc1. The summed E-state index contributed by atoms with van der Waals surface area (Å²) in [5, 5.41) is 18.1. The summed E-state index contributed by atoms with van der Waals surface area (Å²) in [5.74, 6) is 0.0813. The molecule has 0 radical (unpaired) electrons. The van der Waals surface area contributed by atoms with Crippen LogP contribution in [-0.2, 0) is 4.74 Å². The number of aromatic nitrogens is 2. The number of phenols is 1. The molecule has 0 aliphatic carbocycles. The van der Waals surface area contributed by atoms with Crippen LogP contribution in [0, 0.1) is 13.8 Å². The van der Waals surface area contributed by atoms with E-state index in [-0.39, 0.29) is 17.7 Å². The quantitative estimate of drug-likeness (QED) is 0.578. The van der Waals surface area contributed by atoms with E-state index in [2.05, 4.69) is 34.5 Å². The summed E-state index contributed by atoms with van der Waals surface area (Å²) in [6.45, 7) is 4.75. The van der Waals surface area contributed by atoms with E-state index >= 15 is 0 Å². The minimum absolute atomic E-state index is 0.108. The van der Waals surface area contributed by atoms with Crippen molar-refractivity contribution in [1.29, 1.82) is 0 Å².